The monoisotopic (exact) mass is 312 g/mol. The molecule has 1 aliphatic rings. The van der Waals surface area contributed by atoms with Crippen molar-refractivity contribution in [3.05, 3.63) is 34.5 Å². The number of anilines is 1. The summed E-state index contributed by atoms with van der Waals surface area (Å²) in [5, 5.41) is 29.7. The van der Waals surface area contributed by atoms with Gasteiger partial charge < -0.3 is 10.1 Å². The molecule has 2 rings (SSSR count). The second-order valence-corrected chi connectivity index (χ2v) is 5.29. The zero-order valence-electron chi connectivity index (χ0n) is 11.8. The molecule has 0 aromatic heterocycles. The van der Waals surface area contributed by atoms with E-state index < -0.39 is 0 Å². The highest BCUT2D eigenvalue weighted by molar-refractivity contribution is 6.32. The molecule has 1 saturated carbocycles. The van der Waals surface area contributed by atoms with E-state index in [-0.39, 0.29) is 17.4 Å². The van der Waals surface area contributed by atoms with E-state index in [0.29, 0.717) is 16.5 Å². The smallest absolute Gasteiger partial charge is 0.163 e. The van der Waals surface area contributed by atoms with Crippen LogP contribution in [0, 0.1) is 34.0 Å². The molecule has 1 aromatic rings. The molecule has 0 radical (unpaired) electrons. The molecule has 5 nitrogen and oxygen atoms in total. The van der Waals surface area contributed by atoms with Crippen molar-refractivity contribution in [2.24, 2.45) is 0 Å². The van der Waals surface area contributed by atoms with Crippen LogP contribution >= 0.6 is 11.6 Å². The topological polar surface area (TPSA) is 92.6 Å². The minimum Gasteiger partial charge on any atom is -0.489 e. The lowest BCUT2D eigenvalue weighted by molar-refractivity contribution is 0.210. The van der Waals surface area contributed by atoms with Crippen LogP contribution in [-0.2, 0) is 0 Å². The first-order valence-electron chi connectivity index (χ1n) is 6.85. The second kappa shape index (κ2) is 7.36. The second-order valence-electron chi connectivity index (χ2n) is 4.88. The predicted molar refractivity (Wildman–Crippen MR) is 81.8 cm³/mol. The zero-order chi connectivity index (χ0) is 15.9. The third-order valence-corrected chi connectivity index (χ3v) is 3.68. The maximum Gasteiger partial charge on any atom is 0.163 e. The van der Waals surface area contributed by atoms with Gasteiger partial charge in [0.05, 0.1) is 11.1 Å². The van der Waals surface area contributed by atoms with Crippen LogP contribution in [0.1, 0.15) is 25.7 Å². The summed E-state index contributed by atoms with van der Waals surface area (Å²) in [6.07, 6.45) is 4.61. The maximum atomic E-state index is 9.00. The van der Waals surface area contributed by atoms with E-state index >= 15 is 0 Å². The van der Waals surface area contributed by atoms with Crippen molar-refractivity contribution in [2.45, 2.75) is 31.8 Å². The average Bonchev–Trinajstić information content (AvgIpc) is 3.03. The van der Waals surface area contributed by atoms with Gasteiger partial charge in [0.1, 0.15) is 29.7 Å². The lowest BCUT2D eigenvalue weighted by Gasteiger charge is -2.15. The van der Waals surface area contributed by atoms with Gasteiger partial charge in [0, 0.05) is 5.69 Å². The molecule has 110 valence electrons. The van der Waals surface area contributed by atoms with Gasteiger partial charge in [-0.25, -0.2) is 0 Å². The largest absolute Gasteiger partial charge is 0.489 e. The molecule has 1 fully saturated rings. The first kappa shape index (κ1) is 15.7. The third kappa shape index (κ3) is 3.70. The van der Waals surface area contributed by atoms with Gasteiger partial charge in [0.15, 0.2) is 5.57 Å². The van der Waals surface area contributed by atoms with Gasteiger partial charge in [-0.05, 0) is 43.9 Å². The van der Waals surface area contributed by atoms with Crippen LogP contribution in [0.2, 0.25) is 5.02 Å². The molecule has 0 atom stereocenters. The Morgan fingerprint density at radius 3 is 2.36 bits per heavy atom. The van der Waals surface area contributed by atoms with Gasteiger partial charge in [-0.2, -0.15) is 15.8 Å². The molecule has 6 heteroatoms. The molecule has 1 aliphatic carbocycles. The van der Waals surface area contributed by atoms with Gasteiger partial charge in [-0.3, -0.25) is 0 Å². The Morgan fingerprint density at radius 2 is 1.82 bits per heavy atom. The molecule has 0 bridgehead atoms. The summed E-state index contributed by atoms with van der Waals surface area (Å²) in [5.74, 6) is 0.599. The Bertz CT molecular complexity index is 699. The fraction of sp³-hybridized carbons (Fsp3) is 0.312. The fourth-order valence-corrected chi connectivity index (χ4v) is 2.51. The summed E-state index contributed by atoms with van der Waals surface area (Å²) in [5.41, 5.74) is 0.138. The molecule has 0 spiro atoms. The number of halogens is 1. The molecule has 0 heterocycles. The van der Waals surface area contributed by atoms with Crippen LogP contribution in [0.15, 0.2) is 29.5 Å². The van der Waals surface area contributed by atoms with Gasteiger partial charge in [0.25, 0.3) is 0 Å². The van der Waals surface area contributed by atoms with E-state index in [4.69, 9.17) is 32.1 Å². The van der Waals surface area contributed by atoms with Crippen LogP contribution < -0.4 is 10.1 Å². The molecule has 1 N–H and O–H groups in total. The maximum absolute atomic E-state index is 9.00. The molecule has 0 unspecified atom stereocenters. The molecule has 0 amide bonds. The van der Waals surface area contributed by atoms with Crippen molar-refractivity contribution in [2.75, 3.05) is 5.32 Å². The lowest BCUT2D eigenvalue weighted by Crippen LogP contribution is -2.11. The van der Waals surface area contributed by atoms with E-state index in [1.165, 1.54) is 12.8 Å². The summed E-state index contributed by atoms with van der Waals surface area (Å²) in [7, 11) is 0. The molecule has 0 aliphatic heterocycles. The number of ether oxygens (including phenoxy) is 1. The van der Waals surface area contributed by atoms with Gasteiger partial charge >= 0.3 is 0 Å². The number of allylic oxidation sites excluding steroid dienone is 2. The Hall–Kier alpha value is -2.68. The number of benzene rings is 1. The van der Waals surface area contributed by atoms with Crippen LogP contribution in [0.3, 0.4) is 0 Å². The summed E-state index contributed by atoms with van der Waals surface area (Å²) in [4.78, 5) is 0. The first-order chi connectivity index (χ1) is 10.7. The molecular formula is C16H13ClN4O. The minimum absolute atomic E-state index is 0.106. The zero-order valence-corrected chi connectivity index (χ0v) is 12.5. The predicted octanol–water partition coefficient (Wildman–Crippen LogP) is 3.90. The number of rotatable bonds is 4. The van der Waals surface area contributed by atoms with E-state index in [2.05, 4.69) is 5.32 Å². The van der Waals surface area contributed by atoms with Crippen LogP contribution in [0.5, 0.6) is 5.75 Å². The Balaban J connectivity index is 2.16. The summed E-state index contributed by atoms with van der Waals surface area (Å²) >= 11 is 6.19. The Labute approximate surface area is 134 Å². The highest BCUT2D eigenvalue weighted by atomic mass is 35.5. The van der Waals surface area contributed by atoms with E-state index in [1.807, 2.05) is 0 Å². The van der Waals surface area contributed by atoms with E-state index in [9.17, 15) is 0 Å². The van der Waals surface area contributed by atoms with Gasteiger partial charge in [0.2, 0.25) is 0 Å². The normalized spacial score (nSPS) is 13.5. The van der Waals surface area contributed by atoms with Crippen LogP contribution in [0.4, 0.5) is 5.69 Å². The first-order valence-corrected chi connectivity index (χ1v) is 7.23. The summed E-state index contributed by atoms with van der Waals surface area (Å²) in [6.45, 7) is 0. The standard InChI is InChI=1S/C16H13ClN4O/c17-14-7-12(21-15(10-20)11(8-18)9-19)5-6-16(14)22-13-3-1-2-4-13/h5-7,13,21H,1-4H2. The quantitative estimate of drug-likeness (QED) is 0.851. The van der Waals surface area contributed by atoms with Gasteiger partial charge in [-0.1, -0.05) is 11.6 Å². The van der Waals surface area contributed by atoms with Crippen LogP contribution in [-0.4, -0.2) is 6.10 Å². The third-order valence-electron chi connectivity index (χ3n) is 3.38. The van der Waals surface area contributed by atoms with Crippen molar-refractivity contribution in [3.63, 3.8) is 0 Å². The van der Waals surface area contributed by atoms with Crippen LogP contribution in [0.25, 0.3) is 0 Å². The molecule has 22 heavy (non-hydrogen) atoms. The van der Waals surface area contributed by atoms with Gasteiger partial charge in [-0.15, -0.1) is 0 Å². The minimum atomic E-state index is -0.273. The number of hydrogen-bond donors (Lipinski definition) is 1. The van der Waals surface area contributed by atoms with Crippen molar-refractivity contribution in [3.8, 4) is 24.0 Å². The Kier molecular flexibility index (Phi) is 5.26. The van der Waals surface area contributed by atoms with Crippen molar-refractivity contribution >= 4 is 17.3 Å². The average molecular weight is 313 g/mol. The summed E-state index contributed by atoms with van der Waals surface area (Å²) < 4.78 is 5.84. The number of nitriles is 3. The molecular weight excluding hydrogens is 300 g/mol. The van der Waals surface area contributed by atoms with Crippen molar-refractivity contribution in [1.82, 2.24) is 0 Å². The fourth-order valence-electron chi connectivity index (χ4n) is 2.29. The lowest BCUT2D eigenvalue weighted by atomic mass is 10.2. The highest BCUT2D eigenvalue weighted by Crippen LogP contribution is 2.32. The number of nitrogens with zero attached hydrogens (tertiary/aromatic N) is 3. The molecule has 0 saturated heterocycles. The van der Waals surface area contributed by atoms with Crippen molar-refractivity contribution < 1.29 is 4.74 Å². The number of nitrogens with one attached hydrogen (secondary N) is 1. The van der Waals surface area contributed by atoms with E-state index in [0.717, 1.165) is 12.8 Å². The number of hydrogen-bond acceptors (Lipinski definition) is 5. The SMILES string of the molecule is N#CC(C#N)=C(C#N)Nc1ccc(OC2CCCC2)c(Cl)c1. The highest BCUT2D eigenvalue weighted by Gasteiger charge is 2.18. The molecule has 1 aromatic carbocycles. The summed E-state index contributed by atoms with van der Waals surface area (Å²) in [6, 6.07) is 10.2. The van der Waals surface area contributed by atoms with E-state index in [1.54, 1.807) is 36.4 Å². The Morgan fingerprint density at radius 1 is 1.14 bits per heavy atom. The van der Waals surface area contributed by atoms with Crippen molar-refractivity contribution in [1.29, 1.82) is 15.8 Å².